The van der Waals surface area contributed by atoms with Gasteiger partial charge in [0.25, 0.3) is 5.82 Å². The molecule has 0 saturated heterocycles. The molecule has 7 heteroatoms. The van der Waals surface area contributed by atoms with Gasteiger partial charge < -0.3 is 14.2 Å². The van der Waals surface area contributed by atoms with E-state index >= 15 is 0 Å². The normalized spacial score (nSPS) is 10.3. The van der Waals surface area contributed by atoms with Crippen LogP contribution in [0.4, 0.5) is 0 Å². The number of nitrogens with zero attached hydrogens (tertiary/aromatic N) is 4. The Morgan fingerprint density at radius 3 is 3.07 bits per heavy atom. The number of imidazole rings is 1. The Morgan fingerprint density at radius 2 is 2.50 bits per heavy atom. The van der Waals surface area contributed by atoms with E-state index in [0.29, 0.717) is 6.54 Å². The molecule has 0 atom stereocenters. The van der Waals surface area contributed by atoms with Gasteiger partial charge in [-0.3, -0.25) is 0 Å². The van der Waals surface area contributed by atoms with Crippen molar-refractivity contribution in [1.29, 1.82) is 0 Å². The van der Waals surface area contributed by atoms with Crippen LogP contribution in [0.3, 0.4) is 0 Å². The minimum absolute atomic E-state index is 0.236. The average molecular weight is 194 g/mol. The Labute approximate surface area is 78.0 Å². The molecule has 0 aliphatic rings. The first-order valence-electron chi connectivity index (χ1n) is 3.77. The van der Waals surface area contributed by atoms with Crippen LogP contribution in [0, 0.1) is 0 Å². The van der Waals surface area contributed by atoms with E-state index in [4.69, 9.17) is 9.63 Å². The Kier molecular flexibility index (Phi) is 1.98. The van der Waals surface area contributed by atoms with Gasteiger partial charge in [-0.1, -0.05) is 0 Å². The van der Waals surface area contributed by atoms with E-state index in [9.17, 15) is 4.79 Å². The van der Waals surface area contributed by atoms with E-state index in [1.807, 2.05) is 0 Å². The molecule has 1 N–H and O–H groups in total. The van der Waals surface area contributed by atoms with Crippen LogP contribution in [0.2, 0.25) is 0 Å². The molecular weight excluding hydrogens is 188 g/mol. The van der Waals surface area contributed by atoms with E-state index in [0.717, 1.165) is 0 Å². The van der Waals surface area contributed by atoms with Gasteiger partial charge in [-0.05, 0) is 5.16 Å². The van der Waals surface area contributed by atoms with Gasteiger partial charge in [-0.25, -0.2) is 9.78 Å². The molecule has 2 rings (SSSR count). The zero-order valence-corrected chi connectivity index (χ0v) is 6.99. The number of carboxylic acids is 1. The number of hydrogen-bond donors (Lipinski definition) is 1. The van der Waals surface area contributed by atoms with E-state index < -0.39 is 5.97 Å². The van der Waals surface area contributed by atoms with Gasteiger partial charge in [-0.2, -0.15) is 4.98 Å². The molecule has 0 saturated carbocycles. The summed E-state index contributed by atoms with van der Waals surface area (Å²) in [4.78, 5) is 17.9. The molecular formula is C7H6N4O3. The first-order valence-corrected chi connectivity index (χ1v) is 3.77. The van der Waals surface area contributed by atoms with Gasteiger partial charge in [0.1, 0.15) is 6.54 Å². The Morgan fingerprint density at radius 1 is 1.64 bits per heavy atom. The lowest BCUT2D eigenvalue weighted by molar-refractivity contribution is 0.0680. The standard InChI is InChI=1S/C7H6N4O3/c12-7(13)6-9-5(14-10-6)3-11-2-1-8-4-11/h1-2,4H,3H2,(H,12,13). The van der Waals surface area contributed by atoms with E-state index in [1.165, 1.54) is 0 Å². The van der Waals surface area contributed by atoms with E-state index in [2.05, 4.69) is 15.1 Å². The number of hydrogen-bond acceptors (Lipinski definition) is 5. The summed E-state index contributed by atoms with van der Waals surface area (Å²) < 4.78 is 6.40. The lowest BCUT2D eigenvalue weighted by Crippen LogP contribution is -2.00. The number of rotatable bonds is 3. The van der Waals surface area contributed by atoms with Crippen LogP contribution in [-0.4, -0.2) is 30.8 Å². The summed E-state index contributed by atoms with van der Waals surface area (Å²) in [5.41, 5.74) is 0. The first-order chi connectivity index (χ1) is 6.75. The summed E-state index contributed by atoms with van der Waals surface area (Å²) in [6.45, 7) is 0.320. The minimum atomic E-state index is -1.20. The van der Waals surface area contributed by atoms with Crippen molar-refractivity contribution in [2.24, 2.45) is 0 Å². The van der Waals surface area contributed by atoms with Crippen molar-refractivity contribution in [3.63, 3.8) is 0 Å². The number of aromatic nitrogens is 4. The highest BCUT2D eigenvalue weighted by Gasteiger charge is 2.12. The molecule has 2 heterocycles. The minimum Gasteiger partial charge on any atom is -0.475 e. The molecule has 2 aromatic rings. The highest BCUT2D eigenvalue weighted by Crippen LogP contribution is 2.00. The van der Waals surface area contributed by atoms with Crippen molar-refractivity contribution in [2.45, 2.75) is 6.54 Å². The van der Waals surface area contributed by atoms with Crippen LogP contribution >= 0.6 is 0 Å². The van der Waals surface area contributed by atoms with Gasteiger partial charge >= 0.3 is 5.97 Å². The molecule has 0 fully saturated rings. The summed E-state index contributed by atoms with van der Waals surface area (Å²) in [5, 5.41) is 11.8. The van der Waals surface area contributed by atoms with E-state index in [1.54, 1.807) is 23.3 Å². The smallest absolute Gasteiger partial charge is 0.377 e. The van der Waals surface area contributed by atoms with Crippen molar-refractivity contribution in [1.82, 2.24) is 19.7 Å². The first kappa shape index (κ1) is 8.42. The van der Waals surface area contributed by atoms with Gasteiger partial charge in [0, 0.05) is 12.4 Å². The Balaban J connectivity index is 2.14. The highest BCUT2D eigenvalue weighted by molar-refractivity contribution is 5.82. The third-order valence-corrected chi connectivity index (χ3v) is 1.54. The predicted molar refractivity (Wildman–Crippen MR) is 42.6 cm³/mol. The fourth-order valence-corrected chi connectivity index (χ4v) is 0.942. The average Bonchev–Trinajstić information content (AvgIpc) is 2.75. The molecule has 0 aromatic carbocycles. The van der Waals surface area contributed by atoms with Crippen LogP contribution in [0.25, 0.3) is 0 Å². The molecule has 72 valence electrons. The molecule has 14 heavy (non-hydrogen) atoms. The summed E-state index contributed by atoms with van der Waals surface area (Å²) in [6, 6.07) is 0. The van der Waals surface area contributed by atoms with Crippen molar-refractivity contribution in [3.05, 3.63) is 30.4 Å². The topological polar surface area (TPSA) is 94.0 Å². The fourth-order valence-electron chi connectivity index (χ4n) is 0.942. The van der Waals surface area contributed by atoms with Gasteiger partial charge in [0.15, 0.2) is 0 Å². The lowest BCUT2D eigenvalue weighted by atomic mass is 10.6. The molecule has 7 nitrogen and oxygen atoms in total. The molecule has 0 unspecified atom stereocenters. The second-order valence-corrected chi connectivity index (χ2v) is 2.55. The second kappa shape index (κ2) is 3.29. The summed E-state index contributed by atoms with van der Waals surface area (Å²) in [5.74, 6) is -1.30. The maximum absolute atomic E-state index is 10.4. The monoisotopic (exact) mass is 194 g/mol. The van der Waals surface area contributed by atoms with Crippen LogP contribution in [0.5, 0.6) is 0 Å². The molecule has 0 radical (unpaired) electrons. The quantitative estimate of drug-likeness (QED) is 0.739. The van der Waals surface area contributed by atoms with Gasteiger partial charge in [0.05, 0.1) is 6.33 Å². The number of aromatic carboxylic acids is 1. The Bertz CT molecular complexity index is 433. The van der Waals surface area contributed by atoms with Crippen molar-refractivity contribution < 1.29 is 14.4 Å². The van der Waals surface area contributed by atoms with Crippen LogP contribution in [-0.2, 0) is 6.54 Å². The van der Waals surface area contributed by atoms with Crippen LogP contribution < -0.4 is 0 Å². The van der Waals surface area contributed by atoms with Crippen LogP contribution in [0.15, 0.2) is 23.2 Å². The summed E-state index contributed by atoms with van der Waals surface area (Å²) in [6.07, 6.45) is 4.89. The largest absolute Gasteiger partial charge is 0.475 e. The van der Waals surface area contributed by atoms with Crippen molar-refractivity contribution in [2.75, 3.05) is 0 Å². The molecule has 0 aliphatic carbocycles. The Hall–Kier alpha value is -2.18. The summed E-state index contributed by atoms with van der Waals surface area (Å²) in [7, 11) is 0. The maximum Gasteiger partial charge on any atom is 0.377 e. The zero-order chi connectivity index (χ0) is 9.97. The molecule has 0 amide bonds. The van der Waals surface area contributed by atoms with Crippen molar-refractivity contribution in [3.8, 4) is 0 Å². The molecule has 2 aromatic heterocycles. The van der Waals surface area contributed by atoms with Gasteiger partial charge in [-0.15, -0.1) is 0 Å². The zero-order valence-electron chi connectivity index (χ0n) is 6.99. The fraction of sp³-hybridized carbons (Fsp3) is 0.143. The third kappa shape index (κ3) is 1.60. The van der Waals surface area contributed by atoms with Gasteiger partial charge in [0.2, 0.25) is 5.89 Å². The summed E-state index contributed by atoms with van der Waals surface area (Å²) >= 11 is 0. The third-order valence-electron chi connectivity index (χ3n) is 1.54. The highest BCUT2D eigenvalue weighted by atomic mass is 16.5. The van der Waals surface area contributed by atoms with Crippen LogP contribution in [0.1, 0.15) is 16.5 Å². The molecule has 0 bridgehead atoms. The lowest BCUT2D eigenvalue weighted by Gasteiger charge is -1.93. The SMILES string of the molecule is O=C(O)c1noc(Cn2ccnc2)n1. The predicted octanol–water partition coefficient (Wildman–Crippen LogP) is 0.0126. The molecule has 0 aliphatic heterocycles. The second-order valence-electron chi connectivity index (χ2n) is 2.55. The number of carbonyl (C=O) groups is 1. The maximum atomic E-state index is 10.4. The molecule has 0 spiro atoms. The van der Waals surface area contributed by atoms with E-state index in [-0.39, 0.29) is 11.7 Å². The number of carboxylic acid groups (broad SMARTS) is 1. The van der Waals surface area contributed by atoms with Crippen molar-refractivity contribution >= 4 is 5.97 Å².